The summed E-state index contributed by atoms with van der Waals surface area (Å²) < 4.78 is 8.89. The van der Waals surface area contributed by atoms with Gasteiger partial charge in [0.25, 0.3) is 0 Å². The summed E-state index contributed by atoms with van der Waals surface area (Å²) in [6, 6.07) is 46.8. The number of rotatable bonds is 2. The van der Waals surface area contributed by atoms with Crippen molar-refractivity contribution in [1.82, 2.24) is 4.58 Å². The summed E-state index contributed by atoms with van der Waals surface area (Å²) in [4.78, 5) is 2.66. The molecule has 3 aliphatic heterocycles. The molecule has 3 heteroatoms. The molecule has 0 fully saturated rings. The first-order chi connectivity index (χ1) is 23.3. The Morgan fingerprint density at radius 1 is 0.617 bits per heavy atom. The van der Waals surface area contributed by atoms with Crippen molar-refractivity contribution in [1.29, 1.82) is 0 Å². The molecular weight excluding hydrogens is 572 g/mol. The van der Waals surface area contributed by atoms with Crippen LogP contribution >= 0.6 is 0 Å². The Hall–Kier alpha value is -6.19. The first-order valence-corrected chi connectivity index (χ1v) is 16.3. The van der Waals surface area contributed by atoms with E-state index >= 15 is 0 Å². The molecule has 7 aromatic carbocycles. The summed E-state index contributed by atoms with van der Waals surface area (Å²) in [5.41, 5.74) is 13.2. The first kappa shape index (κ1) is 24.1. The number of hydrogen-bond acceptors (Lipinski definition) is 2. The third-order valence-electron chi connectivity index (χ3n) is 10.8. The molecule has 12 rings (SSSR count). The Bertz CT molecular complexity index is 2960. The zero-order valence-electron chi connectivity index (χ0n) is 25.2. The van der Waals surface area contributed by atoms with Crippen molar-refractivity contribution < 1.29 is 4.42 Å². The number of allylic oxidation sites excluding steroid dienone is 2. The Morgan fingerprint density at radius 2 is 1.40 bits per heavy atom. The van der Waals surface area contributed by atoms with Gasteiger partial charge in [-0.05, 0) is 68.6 Å². The molecule has 1 atom stereocenters. The van der Waals surface area contributed by atoms with E-state index in [1.54, 1.807) is 0 Å². The molecule has 0 N–H and O–H groups in total. The summed E-state index contributed by atoms with van der Waals surface area (Å²) in [5.74, 6) is 0. The van der Waals surface area contributed by atoms with Gasteiger partial charge in [0, 0.05) is 51.4 Å². The second-order valence-electron chi connectivity index (χ2n) is 13.0. The maximum absolute atomic E-state index is 6.41. The van der Waals surface area contributed by atoms with E-state index in [-0.39, 0.29) is 6.04 Å². The summed E-state index contributed by atoms with van der Waals surface area (Å²) >= 11 is 0. The lowest BCUT2D eigenvalue weighted by Gasteiger charge is -2.45. The minimum atomic E-state index is 0.146. The molecule has 0 amide bonds. The second kappa shape index (κ2) is 8.34. The van der Waals surface area contributed by atoms with Gasteiger partial charge in [-0.2, -0.15) is 0 Å². The Balaban J connectivity index is 1.18. The molecule has 3 nitrogen and oxygen atoms in total. The van der Waals surface area contributed by atoms with Crippen LogP contribution in [0.1, 0.15) is 5.56 Å². The molecule has 0 radical (unpaired) electrons. The summed E-state index contributed by atoms with van der Waals surface area (Å²) in [6.07, 6.45) is 6.91. The highest BCUT2D eigenvalue weighted by molar-refractivity contribution is 6.19. The highest BCUT2D eigenvalue weighted by Gasteiger charge is 2.46. The highest BCUT2D eigenvalue weighted by Crippen LogP contribution is 2.55. The van der Waals surface area contributed by atoms with Crippen LogP contribution in [0.25, 0.3) is 65.8 Å². The van der Waals surface area contributed by atoms with Gasteiger partial charge in [0.2, 0.25) is 16.7 Å². The lowest BCUT2D eigenvalue weighted by molar-refractivity contribution is 0.670. The molecule has 0 saturated heterocycles. The van der Waals surface area contributed by atoms with E-state index < -0.39 is 0 Å². The van der Waals surface area contributed by atoms with Gasteiger partial charge in [0.05, 0.1) is 6.04 Å². The molecule has 216 valence electrons. The largest absolute Gasteiger partial charge is 0.455 e. The van der Waals surface area contributed by atoms with Crippen LogP contribution in [0.3, 0.4) is 0 Å². The highest BCUT2D eigenvalue weighted by atomic mass is 16.3. The second-order valence-corrected chi connectivity index (χ2v) is 13.0. The number of para-hydroxylation sites is 2. The minimum absolute atomic E-state index is 0.146. The van der Waals surface area contributed by atoms with Crippen molar-refractivity contribution in [2.45, 2.75) is 6.04 Å². The van der Waals surface area contributed by atoms with Gasteiger partial charge < -0.3 is 9.32 Å². The fourth-order valence-electron chi connectivity index (χ4n) is 8.93. The minimum Gasteiger partial charge on any atom is -0.455 e. The van der Waals surface area contributed by atoms with Crippen LogP contribution < -0.4 is 20.1 Å². The maximum atomic E-state index is 6.41. The normalized spacial score (nSPS) is 16.6. The third-order valence-corrected chi connectivity index (χ3v) is 10.8. The van der Waals surface area contributed by atoms with E-state index in [0.29, 0.717) is 0 Å². The number of furan rings is 1. The Morgan fingerprint density at radius 3 is 2.34 bits per heavy atom. The van der Waals surface area contributed by atoms with Gasteiger partial charge in [-0.1, -0.05) is 91.0 Å². The standard InChI is InChI=1S/C44H25N2O/c1-2-16-38-30(9-1)35-15-5-10-29(44(35)47-38)25-17-21-28(22-18-25)45-36-23-19-26-7-3-11-31-33-13-6-14-34-32-12-4-8-27-20-24-37(45)43(40(27)32)46(41(33)34)42(36)39(26)31/h1-24,41H/q+1. The van der Waals surface area contributed by atoms with Crippen LogP contribution in [-0.4, -0.2) is 6.04 Å². The monoisotopic (exact) mass is 597 g/mol. The average molecular weight is 598 g/mol. The van der Waals surface area contributed by atoms with Gasteiger partial charge in [0.1, 0.15) is 22.5 Å². The van der Waals surface area contributed by atoms with Crippen molar-refractivity contribution in [3.63, 3.8) is 0 Å². The smallest absolute Gasteiger partial charge is 0.236 e. The zero-order valence-corrected chi connectivity index (χ0v) is 25.2. The molecule has 4 aliphatic rings. The van der Waals surface area contributed by atoms with Gasteiger partial charge in [-0.15, -0.1) is 4.58 Å². The summed E-state index contributed by atoms with van der Waals surface area (Å²) in [5, 5.41) is 10.1. The molecule has 1 aromatic heterocycles. The van der Waals surface area contributed by atoms with Crippen LogP contribution in [0.5, 0.6) is 0 Å². The van der Waals surface area contributed by atoms with E-state index in [1.807, 2.05) is 12.1 Å². The molecule has 0 saturated carbocycles. The SMILES string of the molecule is C1=CC2=c3cccc4ccc5c(c34)N3c4c(ccc6cccc(c46)C(=C1)C23)[N+]=5c1ccc(-c2cccc3c2oc2ccccc23)cc1. The average Bonchev–Trinajstić information content (AvgIpc) is 3.52. The lowest BCUT2D eigenvalue weighted by Crippen LogP contribution is -2.48. The molecule has 8 aromatic rings. The molecule has 1 unspecified atom stereocenters. The van der Waals surface area contributed by atoms with Crippen molar-refractivity contribution in [2.24, 2.45) is 0 Å². The van der Waals surface area contributed by atoms with Crippen molar-refractivity contribution in [3.8, 4) is 11.1 Å². The van der Waals surface area contributed by atoms with E-state index in [0.717, 1.165) is 38.8 Å². The van der Waals surface area contributed by atoms with Gasteiger partial charge in [-0.25, -0.2) is 0 Å². The first-order valence-electron chi connectivity index (χ1n) is 16.3. The number of anilines is 2. The molecular formula is C44H25N2O+. The lowest BCUT2D eigenvalue weighted by atomic mass is 9.77. The molecule has 47 heavy (non-hydrogen) atoms. The molecule has 0 bridgehead atoms. The van der Waals surface area contributed by atoms with Crippen LogP contribution in [0.4, 0.5) is 22.7 Å². The number of nitrogens with zero attached hydrogens (tertiary/aromatic N) is 2. The van der Waals surface area contributed by atoms with Gasteiger partial charge >= 0.3 is 0 Å². The summed E-state index contributed by atoms with van der Waals surface area (Å²) in [6.45, 7) is 0. The number of fused-ring (bicyclic) bond motifs is 4. The molecule has 1 aliphatic carbocycles. The topological polar surface area (TPSA) is 19.4 Å². The quantitative estimate of drug-likeness (QED) is 0.185. The number of benzene rings is 7. The van der Waals surface area contributed by atoms with Crippen LogP contribution in [-0.2, 0) is 0 Å². The predicted molar refractivity (Wildman–Crippen MR) is 193 cm³/mol. The Kier molecular flexibility index (Phi) is 4.27. The van der Waals surface area contributed by atoms with E-state index in [2.05, 4.69) is 143 Å². The van der Waals surface area contributed by atoms with Gasteiger partial charge in [-0.3, -0.25) is 0 Å². The van der Waals surface area contributed by atoms with Crippen LogP contribution in [0, 0.1) is 0 Å². The van der Waals surface area contributed by atoms with Crippen LogP contribution in [0.2, 0.25) is 0 Å². The maximum Gasteiger partial charge on any atom is 0.236 e. The van der Waals surface area contributed by atoms with Gasteiger partial charge in [0.15, 0.2) is 0 Å². The summed E-state index contributed by atoms with van der Waals surface area (Å²) in [7, 11) is 0. The van der Waals surface area contributed by atoms with Crippen LogP contribution in [0.15, 0.2) is 150 Å². The number of hydrogen-bond donors (Lipinski definition) is 0. The molecule has 4 heterocycles. The van der Waals surface area contributed by atoms with E-state index in [9.17, 15) is 0 Å². The Labute approximate surface area is 269 Å². The third kappa shape index (κ3) is 2.87. The zero-order chi connectivity index (χ0) is 30.4. The predicted octanol–water partition coefficient (Wildman–Crippen LogP) is 9.67. The fraction of sp³-hybridized carbons (Fsp3) is 0.0227. The molecule has 0 spiro atoms. The van der Waals surface area contributed by atoms with E-state index in [4.69, 9.17) is 4.42 Å². The van der Waals surface area contributed by atoms with Crippen molar-refractivity contribution in [2.75, 3.05) is 4.90 Å². The van der Waals surface area contributed by atoms with Crippen molar-refractivity contribution in [3.05, 3.63) is 162 Å². The van der Waals surface area contributed by atoms with Crippen molar-refractivity contribution >= 4 is 77.4 Å². The van der Waals surface area contributed by atoms with E-state index in [1.165, 1.54) is 65.9 Å². The fourth-order valence-corrected chi connectivity index (χ4v) is 8.93.